The fourth-order valence-electron chi connectivity index (χ4n) is 1.05. The molecule has 0 heterocycles. The number of rotatable bonds is 4. The Morgan fingerprint density at radius 2 is 2.00 bits per heavy atom. The van der Waals surface area contributed by atoms with Crippen LogP contribution >= 0.6 is 11.6 Å². The Labute approximate surface area is 85.7 Å². The van der Waals surface area contributed by atoms with Gasteiger partial charge in [0.25, 0.3) is 0 Å². The van der Waals surface area contributed by atoms with Crippen LogP contribution in [0.1, 0.15) is 12.0 Å². The highest BCUT2D eigenvalue weighted by Gasteiger charge is 2.04. The van der Waals surface area contributed by atoms with Gasteiger partial charge >= 0.3 is 0 Å². The fourth-order valence-corrected chi connectivity index (χ4v) is 1.18. The number of benzene rings is 1. The van der Waals surface area contributed by atoms with E-state index < -0.39 is 11.6 Å². The molecule has 0 saturated heterocycles. The van der Waals surface area contributed by atoms with E-state index in [1.54, 1.807) is 0 Å². The lowest BCUT2D eigenvalue weighted by molar-refractivity contribution is -0.116. The minimum Gasteiger partial charge on any atom is -0.298 e. The summed E-state index contributed by atoms with van der Waals surface area (Å²) in [6.45, 7) is 0. The second kappa shape index (κ2) is 5.05. The van der Waals surface area contributed by atoms with Crippen molar-refractivity contribution in [3.05, 3.63) is 35.4 Å². The number of halogens is 3. The predicted molar refractivity (Wildman–Crippen MR) is 50.4 cm³/mol. The molecule has 1 aromatic rings. The predicted octanol–water partition coefficient (Wildman–Crippen LogP) is 2.71. The summed E-state index contributed by atoms with van der Waals surface area (Å²) in [6, 6.07) is 3.60. The van der Waals surface area contributed by atoms with Gasteiger partial charge < -0.3 is 0 Å². The summed E-state index contributed by atoms with van der Waals surface area (Å²) in [5, 5.41) is 0. The number of carbonyl (C=O) groups is 1. The molecule has 0 N–H and O–H groups in total. The van der Waals surface area contributed by atoms with Gasteiger partial charge in [0.1, 0.15) is 5.78 Å². The summed E-state index contributed by atoms with van der Waals surface area (Å²) in [7, 11) is 0. The molecule has 0 atom stereocenters. The molecule has 4 heteroatoms. The topological polar surface area (TPSA) is 17.1 Å². The molecule has 0 aliphatic rings. The van der Waals surface area contributed by atoms with Gasteiger partial charge in [-0.3, -0.25) is 4.79 Å². The van der Waals surface area contributed by atoms with Crippen molar-refractivity contribution in [1.82, 2.24) is 0 Å². The Morgan fingerprint density at radius 1 is 1.29 bits per heavy atom. The molecule has 0 amide bonds. The highest BCUT2D eigenvalue weighted by Crippen LogP contribution is 2.10. The van der Waals surface area contributed by atoms with E-state index in [1.165, 1.54) is 6.07 Å². The van der Waals surface area contributed by atoms with E-state index in [2.05, 4.69) is 0 Å². The Kier molecular flexibility index (Phi) is 4.01. The third-order valence-corrected chi connectivity index (χ3v) is 2.12. The molecular formula is C10H9ClF2O. The zero-order chi connectivity index (χ0) is 10.6. The highest BCUT2D eigenvalue weighted by atomic mass is 35.5. The molecular weight excluding hydrogens is 210 g/mol. The van der Waals surface area contributed by atoms with Gasteiger partial charge in [-0.05, 0) is 24.1 Å². The van der Waals surface area contributed by atoms with Gasteiger partial charge in [-0.25, -0.2) is 8.78 Å². The third kappa shape index (κ3) is 3.07. The lowest BCUT2D eigenvalue weighted by Crippen LogP contribution is -2.01. The van der Waals surface area contributed by atoms with Crippen LogP contribution in [0, 0.1) is 11.6 Å². The minimum atomic E-state index is -0.888. The van der Waals surface area contributed by atoms with Crippen molar-refractivity contribution in [2.24, 2.45) is 0 Å². The molecule has 0 radical (unpaired) electrons. The molecule has 0 aliphatic carbocycles. The summed E-state index contributed by atoms with van der Waals surface area (Å²) in [5.74, 6) is -1.90. The van der Waals surface area contributed by atoms with Gasteiger partial charge in [0.2, 0.25) is 0 Å². The summed E-state index contributed by atoms with van der Waals surface area (Å²) < 4.78 is 25.2. The SMILES string of the molecule is O=C(CCl)CCc1ccc(F)c(F)c1. The first-order valence-electron chi connectivity index (χ1n) is 4.15. The number of Topliss-reactive ketones (excluding diaryl/α,β-unsaturated/α-hetero) is 1. The van der Waals surface area contributed by atoms with Crippen LogP contribution in [0.15, 0.2) is 18.2 Å². The molecule has 1 aromatic carbocycles. The zero-order valence-corrected chi connectivity index (χ0v) is 8.15. The van der Waals surface area contributed by atoms with Gasteiger partial charge in [0.15, 0.2) is 11.6 Å². The van der Waals surface area contributed by atoms with E-state index in [0.29, 0.717) is 12.0 Å². The van der Waals surface area contributed by atoms with E-state index >= 15 is 0 Å². The maximum absolute atomic E-state index is 12.7. The molecule has 0 saturated carbocycles. The van der Waals surface area contributed by atoms with Gasteiger partial charge in [-0.15, -0.1) is 11.6 Å². The number of aryl methyl sites for hydroxylation is 1. The molecule has 0 aliphatic heterocycles. The Hall–Kier alpha value is -0.960. The van der Waals surface area contributed by atoms with Crippen LogP contribution in [0.25, 0.3) is 0 Å². The van der Waals surface area contributed by atoms with E-state index in [0.717, 1.165) is 12.1 Å². The summed E-state index contributed by atoms with van der Waals surface area (Å²) in [5.41, 5.74) is 0.599. The average molecular weight is 219 g/mol. The van der Waals surface area contributed by atoms with Crippen molar-refractivity contribution in [1.29, 1.82) is 0 Å². The molecule has 1 rings (SSSR count). The molecule has 0 spiro atoms. The number of alkyl halides is 1. The Bertz CT molecular complexity index is 339. The van der Waals surface area contributed by atoms with Gasteiger partial charge in [0.05, 0.1) is 5.88 Å². The molecule has 14 heavy (non-hydrogen) atoms. The first kappa shape index (κ1) is 11.1. The summed E-state index contributed by atoms with van der Waals surface area (Å²) >= 11 is 5.29. The zero-order valence-electron chi connectivity index (χ0n) is 7.40. The van der Waals surface area contributed by atoms with Crippen molar-refractivity contribution in [2.75, 3.05) is 5.88 Å². The van der Waals surface area contributed by atoms with E-state index in [9.17, 15) is 13.6 Å². The third-order valence-electron chi connectivity index (χ3n) is 1.83. The highest BCUT2D eigenvalue weighted by molar-refractivity contribution is 6.27. The van der Waals surface area contributed by atoms with Crippen molar-refractivity contribution in [3.63, 3.8) is 0 Å². The second-order valence-electron chi connectivity index (χ2n) is 2.92. The van der Waals surface area contributed by atoms with Gasteiger partial charge in [0, 0.05) is 6.42 Å². The van der Waals surface area contributed by atoms with Crippen LogP contribution in [0.4, 0.5) is 8.78 Å². The molecule has 76 valence electrons. The van der Waals surface area contributed by atoms with Gasteiger partial charge in [-0.1, -0.05) is 6.07 Å². The van der Waals surface area contributed by atoms with E-state index in [-0.39, 0.29) is 18.1 Å². The normalized spacial score (nSPS) is 10.2. The maximum atomic E-state index is 12.7. The van der Waals surface area contributed by atoms with Crippen LogP contribution in [0.5, 0.6) is 0 Å². The molecule has 0 unspecified atom stereocenters. The molecule has 1 nitrogen and oxygen atoms in total. The molecule has 0 fully saturated rings. The quantitative estimate of drug-likeness (QED) is 0.711. The van der Waals surface area contributed by atoms with E-state index in [4.69, 9.17) is 11.6 Å². The maximum Gasteiger partial charge on any atom is 0.159 e. The number of ketones is 1. The first-order chi connectivity index (χ1) is 6.63. The lowest BCUT2D eigenvalue weighted by atomic mass is 10.1. The van der Waals surface area contributed by atoms with Crippen LogP contribution in [0.2, 0.25) is 0 Å². The number of hydrogen-bond donors (Lipinski definition) is 0. The molecule has 0 bridgehead atoms. The number of carbonyl (C=O) groups excluding carboxylic acids is 1. The largest absolute Gasteiger partial charge is 0.298 e. The Morgan fingerprint density at radius 3 is 2.57 bits per heavy atom. The first-order valence-corrected chi connectivity index (χ1v) is 4.68. The van der Waals surface area contributed by atoms with Crippen LogP contribution in [0.3, 0.4) is 0 Å². The Balaban J connectivity index is 2.60. The van der Waals surface area contributed by atoms with Crippen LogP contribution in [-0.2, 0) is 11.2 Å². The fraction of sp³-hybridized carbons (Fsp3) is 0.300. The van der Waals surface area contributed by atoms with Crippen LogP contribution < -0.4 is 0 Å². The standard InChI is InChI=1S/C10H9ClF2O/c11-6-8(14)3-1-7-2-4-9(12)10(13)5-7/h2,4-5H,1,3,6H2. The summed E-state index contributed by atoms with van der Waals surface area (Å²) in [4.78, 5) is 10.8. The van der Waals surface area contributed by atoms with Gasteiger partial charge in [-0.2, -0.15) is 0 Å². The lowest BCUT2D eigenvalue weighted by Gasteiger charge is -2.00. The minimum absolute atomic E-state index is 0.0380. The second-order valence-corrected chi connectivity index (χ2v) is 3.19. The van der Waals surface area contributed by atoms with E-state index in [1.807, 2.05) is 0 Å². The van der Waals surface area contributed by atoms with Crippen molar-refractivity contribution < 1.29 is 13.6 Å². The van der Waals surface area contributed by atoms with Crippen molar-refractivity contribution >= 4 is 17.4 Å². The molecule has 0 aromatic heterocycles. The monoisotopic (exact) mass is 218 g/mol. The van der Waals surface area contributed by atoms with Crippen molar-refractivity contribution in [2.45, 2.75) is 12.8 Å². The average Bonchev–Trinajstić information content (AvgIpc) is 2.19. The smallest absolute Gasteiger partial charge is 0.159 e. The van der Waals surface area contributed by atoms with Crippen molar-refractivity contribution in [3.8, 4) is 0 Å². The van der Waals surface area contributed by atoms with Crippen LogP contribution in [-0.4, -0.2) is 11.7 Å². The summed E-state index contributed by atoms with van der Waals surface area (Å²) in [6.07, 6.45) is 0.650. The number of hydrogen-bond acceptors (Lipinski definition) is 1.